The van der Waals surface area contributed by atoms with Gasteiger partial charge in [-0.25, -0.2) is 4.79 Å². The summed E-state index contributed by atoms with van der Waals surface area (Å²) >= 11 is 0. The van der Waals surface area contributed by atoms with Gasteiger partial charge in [-0.15, -0.1) is 0 Å². The lowest BCUT2D eigenvalue weighted by Crippen LogP contribution is -2.42. The number of hydrogen-bond donors (Lipinski definition) is 2. The Bertz CT molecular complexity index is 636. The van der Waals surface area contributed by atoms with Crippen LogP contribution in [0.3, 0.4) is 0 Å². The maximum atomic E-state index is 11.8. The monoisotopic (exact) mass is 315 g/mol. The molecule has 0 saturated heterocycles. The number of aryl methyl sites for hydroxylation is 1. The number of carbonyl (C=O) groups excluding carboxylic acids is 2. The zero-order valence-electron chi connectivity index (χ0n) is 13.1. The number of urea groups is 1. The van der Waals surface area contributed by atoms with Crippen molar-refractivity contribution in [2.24, 2.45) is 5.73 Å². The van der Waals surface area contributed by atoms with Crippen LogP contribution in [0.4, 0.5) is 4.79 Å². The van der Waals surface area contributed by atoms with E-state index in [0.29, 0.717) is 13.1 Å². The van der Waals surface area contributed by atoms with E-state index in [-0.39, 0.29) is 6.54 Å². The van der Waals surface area contributed by atoms with Gasteiger partial charge in [-0.05, 0) is 31.0 Å². The Morgan fingerprint density at radius 1 is 1.22 bits per heavy atom. The quantitative estimate of drug-likeness (QED) is 0.816. The van der Waals surface area contributed by atoms with Crippen LogP contribution < -0.4 is 11.1 Å². The fraction of sp³-hybridized carbons (Fsp3) is 0.294. The minimum Gasteiger partial charge on any atom is -0.468 e. The number of benzene rings is 1. The molecule has 1 aromatic heterocycles. The van der Waals surface area contributed by atoms with Gasteiger partial charge in [-0.1, -0.05) is 29.8 Å². The Balaban J connectivity index is 1.95. The average molecular weight is 315 g/mol. The van der Waals surface area contributed by atoms with Crippen molar-refractivity contribution in [1.82, 2.24) is 10.2 Å². The molecule has 3 N–H and O–H groups in total. The molecule has 0 saturated carbocycles. The summed E-state index contributed by atoms with van der Waals surface area (Å²) in [6, 6.07) is 11.1. The van der Waals surface area contributed by atoms with E-state index in [4.69, 9.17) is 10.2 Å². The summed E-state index contributed by atoms with van der Waals surface area (Å²) in [5.74, 6) is 0.341. The van der Waals surface area contributed by atoms with Gasteiger partial charge in [-0.2, -0.15) is 0 Å². The van der Waals surface area contributed by atoms with Gasteiger partial charge in [0.25, 0.3) is 0 Å². The van der Waals surface area contributed by atoms with Gasteiger partial charge < -0.3 is 10.2 Å². The van der Waals surface area contributed by atoms with E-state index in [1.807, 2.05) is 17.9 Å². The number of imide groups is 1. The molecule has 0 unspecified atom stereocenters. The molecule has 6 nitrogen and oxygen atoms in total. The van der Waals surface area contributed by atoms with Crippen LogP contribution in [-0.4, -0.2) is 29.9 Å². The standard InChI is InChI=1S/C17H21N3O3/c1-13-4-6-14(7-5-13)8-9-20(11-15-3-2-10-23-15)12-16(21)19-17(18)22/h2-7,10H,8-9,11-12H2,1H3,(H3,18,19,21,22). The van der Waals surface area contributed by atoms with Gasteiger partial charge in [0.2, 0.25) is 5.91 Å². The molecule has 2 rings (SSSR count). The first-order chi connectivity index (χ1) is 11.0. The fourth-order valence-corrected chi connectivity index (χ4v) is 2.26. The zero-order chi connectivity index (χ0) is 16.7. The molecular formula is C17H21N3O3. The second-order valence-electron chi connectivity index (χ2n) is 5.44. The minimum absolute atomic E-state index is 0.0789. The van der Waals surface area contributed by atoms with E-state index in [1.54, 1.807) is 12.3 Å². The lowest BCUT2D eigenvalue weighted by molar-refractivity contribution is -0.121. The summed E-state index contributed by atoms with van der Waals surface area (Å²) in [6.07, 6.45) is 2.39. The number of hydrogen-bond acceptors (Lipinski definition) is 4. The minimum atomic E-state index is -0.841. The topological polar surface area (TPSA) is 88.6 Å². The first-order valence-corrected chi connectivity index (χ1v) is 7.42. The number of nitrogens with one attached hydrogen (secondary N) is 1. The molecule has 0 bridgehead atoms. The van der Waals surface area contributed by atoms with Crippen LogP contribution in [0, 0.1) is 6.92 Å². The molecule has 0 spiro atoms. The molecule has 122 valence electrons. The number of carbonyl (C=O) groups is 2. The van der Waals surface area contributed by atoms with E-state index >= 15 is 0 Å². The van der Waals surface area contributed by atoms with Crippen LogP contribution in [0.1, 0.15) is 16.9 Å². The number of nitrogens with two attached hydrogens (primary N) is 1. The van der Waals surface area contributed by atoms with Crippen LogP contribution in [0.5, 0.6) is 0 Å². The third kappa shape index (κ3) is 5.96. The zero-order valence-corrected chi connectivity index (χ0v) is 13.1. The third-order valence-corrected chi connectivity index (χ3v) is 3.43. The molecule has 0 aliphatic rings. The van der Waals surface area contributed by atoms with Crippen LogP contribution in [-0.2, 0) is 17.8 Å². The largest absolute Gasteiger partial charge is 0.468 e. The lowest BCUT2D eigenvalue weighted by Gasteiger charge is -2.20. The van der Waals surface area contributed by atoms with E-state index < -0.39 is 11.9 Å². The normalized spacial score (nSPS) is 10.7. The van der Waals surface area contributed by atoms with Crippen molar-refractivity contribution in [3.8, 4) is 0 Å². The van der Waals surface area contributed by atoms with Crippen LogP contribution in [0.2, 0.25) is 0 Å². The van der Waals surface area contributed by atoms with E-state index in [0.717, 1.165) is 12.2 Å². The average Bonchev–Trinajstić information content (AvgIpc) is 2.98. The van der Waals surface area contributed by atoms with Gasteiger partial charge in [0.15, 0.2) is 0 Å². The summed E-state index contributed by atoms with van der Waals surface area (Å²) in [4.78, 5) is 24.5. The van der Waals surface area contributed by atoms with Crippen LogP contribution >= 0.6 is 0 Å². The molecule has 6 heteroatoms. The lowest BCUT2D eigenvalue weighted by atomic mass is 10.1. The number of nitrogens with zero attached hydrogens (tertiary/aromatic N) is 1. The summed E-state index contributed by atoms with van der Waals surface area (Å²) in [6.45, 7) is 3.28. The highest BCUT2D eigenvalue weighted by molar-refractivity contribution is 5.94. The molecule has 0 aliphatic heterocycles. The fourth-order valence-electron chi connectivity index (χ4n) is 2.26. The van der Waals surface area contributed by atoms with E-state index in [2.05, 4.69) is 29.6 Å². The van der Waals surface area contributed by atoms with Gasteiger partial charge in [0, 0.05) is 6.54 Å². The first kappa shape index (κ1) is 16.8. The molecule has 23 heavy (non-hydrogen) atoms. The number of rotatable bonds is 7. The number of primary amides is 1. The highest BCUT2D eigenvalue weighted by Crippen LogP contribution is 2.08. The Hall–Kier alpha value is -2.60. The van der Waals surface area contributed by atoms with Crippen molar-refractivity contribution < 1.29 is 14.0 Å². The van der Waals surface area contributed by atoms with Crippen molar-refractivity contribution >= 4 is 11.9 Å². The Labute approximate surface area is 135 Å². The summed E-state index contributed by atoms with van der Waals surface area (Å²) in [5, 5.41) is 2.09. The Morgan fingerprint density at radius 2 is 1.96 bits per heavy atom. The van der Waals surface area contributed by atoms with Crippen molar-refractivity contribution in [2.75, 3.05) is 13.1 Å². The van der Waals surface area contributed by atoms with E-state index in [1.165, 1.54) is 11.1 Å². The number of amides is 3. The molecule has 0 atom stereocenters. The summed E-state index contributed by atoms with van der Waals surface area (Å²) in [7, 11) is 0. The van der Waals surface area contributed by atoms with Crippen LogP contribution in [0.15, 0.2) is 47.1 Å². The first-order valence-electron chi connectivity index (χ1n) is 7.42. The van der Waals surface area contributed by atoms with Crippen molar-refractivity contribution in [1.29, 1.82) is 0 Å². The molecule has 0 fully saturated rings. The van der Waals surface area contributed by atoms with Crippen molar-refractivity contribution in [3.63, 3.8) is 0 Å². The second kappa shape index (κ2) is 8.14. The summed E-state index contributed by atoms with van der Waals surface area (Å²) in [5.41, 5.74) is 7.38. The highest BCUT2D eigenvalue weighted by atomic mass is 16.3. The van der Waals surface area contributed by atoms with Crippen molar-refractivity contribution in [3.05, 3.63) is 59.5 Å². The molecule has 1 aromatic carbocycles. The molecular weight excluding hydrogens is 294 g/mol. The Kier molecular flexibility index (Phi) is 5.94. The number of furan rings is 1. The van der Waals surface area contributed by atoms with Crippen molar-refractivity contribution in [2.45, 2.75) is 19.9 Å². The smallest absolute Gasteiger partial charge is 0.318 e. The van der Waals surface area contributed by atoms with Gasteiger partial charge in [0.05, 0.1) is 19.4 Å². The molecule has 0 radical (unpaired) electrons. The highest BCUT2D eigenvalue weighted by Gasteiger charge is 2.14. The molecule has 0 aliphatic carbocycles. The van der Waals surface area contributed by atoms with Crippen LogP contribution in [0.25, 0.3) is 0 Å². The predicted molar refractivity (Wildman–Crippen MR) is 86.6 cm³/mol. The summed E-state index contributed by atoms with van der Waals surface area (Å²) < 4.78 is 5.33. The SMILES string of the molecule is Cc1ccc(CCN(CC(=O)NC(N)=O)Cc2ccco2)cc1. The third-order valence-electron chi connectivity index (χ3n) is 3.43. The van der Waals surface area contributed by atoms with Gasteiger partial charge in [0.1, 0.15) is 5.76 Å². The van der Waals surface area contributed by atoms with Gasteiger partial charge >= 0.3 is 6.03 Å². The maximum Gasteiger partial charge on any atom is 0.318 e. The maximum absolute atomic E-state index is 11.8. The second-order valence-corrected chi connectivity index (χ2v) is 5.44. The molecule has 2 aromatic rings. The Morgan fingerprint density at radius 3 is 2.57 bits per heavy atom. The van der Waals surface area contributed by atoms with Gasteiger partial charge in [-0.3, -0.25) is 15.0 Å². The molecule has 3 amide bonds. The molecule has 1 heterocycles. The predicted octanol–water partition coefficient (Wildman–Crippen LogP) is 1.83. The van der Waals surface area contributed by atoms with E-state index in [9.17, 15) is 9.59 Å².